The predicted octanol–water partition coefficient (Wildman–Crippen LogP) is 4.64. The molecule has 1 N–H and O–H groups in total. The van der Waals surface area contributed by atoms with E-state index in [0.717, 1.165) is 5.69 Å². The van der Waals surface area contributed by atoms with Crippen molar-refractivity contribution in [3.05, 3.63) is 78.4 Å². The molecule has 2 nitrogen and oxygen atoms in total. The van der Waals surface area contributed by atoms with Crippen molar-refractivity contribution in [1.82, 2.24) is 0 Å². The maximum absolute atomic E-state index is 5.36. The van der Waals surface area contributed by atoms with Crippen LogP contribution in [0.3, 0.4) is 0 Å². The lowest BCUT2D eigenvalue weighted by Crippen LogP contribution is -2.16. The summed E-state index contributed by atoms with van der Waals surface area (Å²) in [6.45, 7) is 0.636. The summed E-state index contributed by atoms with van der Waals surface area (Å²) in [5.41, 5.74) is 2.34. The van der Waals surface area contributed by atoms with Gasteiger partial charge in [-0.2, -0.15) is 0 Å². The molecular formula is C19H19NO. The molecule has 0 bridgehead atoms. The number of benzene rings is 3. The van der Waals surface area contributed by atoms with Crippen LogP contribution in [-0.4, -0.2) is 13.7 Å². The quantitative estimate of drug-likeness (QED) is 0.733. The first-order valence-electron chi connectivity index (χ1n) is 7.16. The Bertz CT molecular complexity index is 709. The zero-order chi connectivity index (χ0) is 14.5. The van der Waals surface area contributed by atoms with Crippen LogP contribution in [0, 0.1) is 0 Å². The van der Waals surface area contributed by atoms with Crippen LogP contribution in [0.5, 0.6) is 0 Å². The van der Waals surface area contributed by atoms with Gasteiger partial charge in [-0.15, -0.1) is 0 Å². The van der Waals surface area contributed by atoms with Gasteiger partial charge in [-0.1, -0.05) is 60.7 Å². The highest BCUT2D eigenvalue weighted by atomic mass is 16.5. The summed E-state index contributed by atoms with van der Waals surface area (Å²) < 4.78 is 5.36. The zero-order valence-corrected chi connectivity index (χ0v) is 12.1. The van der Waals surface area contributed by atoms with Crippen LogP contribution in [0.1, 0.15) is 11.6 Å². The van der Waals surface area contributed by atoms with Crippen LogP contribution >= 0.6 is 0 Å². The molecule has 0 aliphatic heterocycles. The van der Waals surface area contributed by atoms with E-state index in [4.69, 9.17) is 4.74 Å². The van der Waals surface area contributed by atoms with Gasteiger partial charge in [-0.3, -0.25) is 0 Å². The number of hydrogen-bond donors (Lipinski definition) is 1. The summed E-state index contributed by atoms with van der Waals surface area (Å²) in [7, 11) is 1.73. The third kappa shape index (κ3) is 3.23. The van der Waals surface area contributed by atoms with Gasteiger partial charge in [0.25, 0.3) is 0 Å². The number of fused-ring (bicyclic) bond motifs is 1. The molecule has 0 radical (unpaired) electrons. The second-order valence-electron chi connectivity index (χ2n) is 5.12. The number of anilines is 1. The van der Waals surface area contributed by atoms with E-state index < -0.39 is 0 Å². The van der Waals surface area contributed by atoms with E-state index in [1.165, 1.54) is 16.3 Å². The second-order valence-corrected chi connectivity index (χ2v) is 5.12. The molecule has 3 aromatic rings. The minimum Gasteiger partial charge on any atom is -0.382 e. The van der Waals surface area contributed by atoms with Crippen molar-refractivity contribution in [1.29, 1.82) is 0 Å². The summed E-state index contributed by atoms with van der Waals surface area (Å²) in [6, 6.07) is 25.4. The molecule has 0 aromatic heterocycles. The smallest absolute Gasteiger partial charge is 0.0747 e. The second kappa shape index (κ2) is 6.42. The van der Waals surface area contributed by atoms with Crippen molar-refractivity contribution >= 4 is 16.5 Å². The third-order valence-electron chi connectivity index (χ3n) is 3.63. The Labute approximate surface area is 125 Å². The fourth-order valence-corrected chi connectivity index (χ4v) is 2.55. The highest BCUT2D eigenvalue weighted by molar-refractivity contribution is 5.85. The highest BCUT2D eigenvalue weighted by Gasteiger charge is 2.10. The van der Waals surface area contributed by atoms with E-state index in [0.29, 0.717) is 6.61 Å². The van der Waals surface area contributed by atoms with Crippen molar-refractivity contribution < 1.29 is 4.74 Å². The average Bonchev–Trinajstić information content (AvgIpc) is 2.55. The summed E-state index contributed by atoms with van der Waals surface area (Å²) in [5, 5.41) is 6.06. The zero-order valence-electron chi connectivity index (χ0n) is 12.1. The Morgan fingerprint density at radius 2 is 1.57 bits per heavy atom. The van der Waals surface area contributed by atoms with E-state index >= 15 is 0 Å². The minimum atomic E-state index is 0.150. The van der Waals surface area contributed by atoms with Gasteiger partial charge in [0.05, 0.1) is 12.6 Å². The maximum Gasteiger partial charge on any atom is 0.0747 e. The van der Waals surface area contributed by atoms with Crippen LogP contribution in [0.25, 0.3) is 10.8 Å². The standard InChI is InChI=1S/C19H19NO/c1-21-14-19(16-8-3-2-4-9-16)20-18-12-11-15-7-5-6-10-17(15)13-18/h2-13,19-20H,14H2,1H3. The summed E-state index contributed by atoms with van der Waals surface area (Å²) in [6.07, 6.45) is 0. The number of methoxy groups -OCH3 is 1. The van der Waals surface area contributed by atoms with E-state index in [-0.39, 0.29) is 6.04 Å². The lowest BCUT2D eigenvalue weighted by molar-refractivity contribution is 0.186. The lowest BCUT2D eigenvalue weighted by atomic mass is 10.1. The highest BCUT2D eigenvalue weighted by Crippen LogP contribution is 2.23. The summed E-state index contributed by atoms with van der Waals surface area (Å²) >= 11 is 0. The maximum atomic E-state index is 5.36. The fraction of sp³-hybridized carbons (Fsp3) is 0.158. The monoisotopic (exact) mass is 277 g/mol. The number of ether oxygens (including phenoxy) is 1. The molecule has 21 heavy (non-hydrogen) atoms. The molecule has 0 spiro atoms. The molecule has 2 heteroatoms. The van der Waals surface area contributed by atoms with Gasteiger partial charge in [0.2, 0.25) is 0 Å². The lowest BCUT2D eigenvalue weighted by Gasteiger charge is -2.20. The summed E-state index contributed by atoms with van der Waals surface area (Å²) in [4.78, 5) is 0. The molecule has 0 saturated heterocycles. The van der Waals surface area contributed by atoms with Gasteiger partial charge in [0.1, 0.15) is 0 Å². The molecule has 0 fully saturated rings. The van der Waals surface area contributed by atoms with Crippen LogP contribution in [0.15, 0.2) is 72.8 Å². The van der Waals surface area contributed by atoms with E-state index in [1.54, 1.807) is 7.11 Å². The van der Waals surface area contributed by atoms with Gasteiger partial charge >= 0.3 is 0 Å². The van der Waals surface area contributed by atoms with Crippen molar-refractivity contribution in [2.45, 2.75) is 6.04 Å². The Kier molecular flexibility index (Phi) is 4.17. The Balaban J connectivity index is 1.87. The molecule has 0 aliphatic carbocycles. The van der Waals surface area contributed by atoms with Crippen molar-refractivity contribution in [2.24, 2.45) is 0 Å². The molecule has 0 heterocycles. The molecule has 106 valence electrons. The van der Waals surface area contributed by atoms with Crippen LogP contribution in [0.4, 0.5) is 5.69 Å². The van der Waals surface area contributed by atoms with Gasteiger partial charge in [0.15, 0.2) is 0 Å². The first-order valence-corrected chi connectivity index (χ1v) is 7.16. The topological polar surface area (TPSA) is 21.3 Å². The van der Waals surface area contributed by atoms with Gasteiger partial charge in [-0.05, 0) is 28.5 Å². The van der Waals surface area contributed by atoms with Crippen molar-refractivity contribution in [2.75, 3.05) is 19.0 Å². The van der Waals surface area contributed by atoms with Gasteiger partial charge < -0.3 is 10.1 Å². The van der Waals surface area contributed by atoms with E-state index in [2.05, 4.69) is 72.0 Å². The molecule has 0 saturated carbocycles. The summed E-state index contributed by atoms with van der Waals surface area (Å²) in [5.74, 6) is 0. The molecular weight excluding hydrogens is 258 g/mol. The average molecular weight is 277 g/mol. The first-order chi connectivity index (χ1) is 10.4. The van der Waals surface area contributed by atoms with Gasteiger partial charge in [0, 0.05) is 12.8 Å². The molecule has 3 aromatic carbocycles. The molecule has 0 amide bonds. The molecule has 1 atom stereocenters. The minimum absolute atomic E-state index is 0.150. The normalized spacial score (nSPS) is 12.2. The molecule has 1 unspecified atom stereocenters. The Morgan fingerprint density at radius 1 is 0.857 bits per heavy atom. The first kappa shape index (κ1) is 13.7. The van der Waals surface area contributed by atoms with Gasteiger partial charge in [-0.25, -0.2) is 0 Å². The van der Waals surface area contributed by atoms with Crippen LogP contribution in [-0.2, 0) is 4.74 Å². The fourth-order valence-electron chi connectivity index (χ4n) is 2.55. The van der Waals surface area contributed by atoms with Crippen LogP contribution in [0.2, 0.25) is 0 Å². The number of nitrogens with one attached hydrogen (secondary N) is 1. The van der Waals surface area contributed by atoms with Crippen LogP contribution < -0.4 is 5.32 Å². The molecule has 3 rings (SSSR count). The number of rotatable bonds is 5. The van der Waals surface area contributed by atoms with E-state index in [1.807, 2.05) is 6.07 Å². The Morgan fingerprint density at radius 3 is 2.33 bits per heavy atom. The van der Waals surface area contributed by atoms with Crippen molar-refractivity contribution in [3.8, 4) is 0 Å². The predicted molar refractivity (Wildman–Crippen MR) is 88.6 cm³/mol. The van der Waals surface area contributed by atoms with E-state index in [9.17, 15) is 0 Å². The largest absolute Gasteiger partial charge is 0.382 e. The third-order valence-corrected chi connectivity index (χ3v) is 3.63. The molecule has 0 aliphatic rings. The van der Waals surface area contributed by atoms with Crippen molar-refractivity contribution in [3.63, 3.8) is 0 Å². The Hall–Kier alpha value is -2.32. The SMILES string of the molecule is COCC(Nc1ccc2ccccc2c1)c1ccccc1. The number of hydrogen-bond acceptors (Lipinski definition) is 2.